The maximum atomic E-state index is 11.4. The van der Waals surface area contributed by atoms with E-state index in [0.29, 0.717) is 23.9 Å². The number of anilines is 3. The molecule has 0 aliphatic heterocycles. The summed E-state index contributed by atoms with van der Waals surface area (Å²) in [4.78, 5) is 4.71. The zero-order valence-electron chi connectivity index (χ0n) is 15.9. The van der Waals surface area contributed by atoms with E-state index in [2.05, 4.69) is 31.5 Å². The summed E-state index contributed by atoms with van der Waals surface area (Å²) in [6, 6.07) is 16.0. The van der Waals surface area contributed by atoms with E-state index in [9.17, 15) is 8.42 Å². The van der Waals surface area contributed by atoms with E-state index in [4.69, 9.17) is 9.88 Å². The maximum absolute atomic E-state index is 11.4. The van der Waals surface area contributed by atoms with Crippen LogP contribution >= 0.6 is 15.9 Å². The van der Waals surface area contributed by atoms with Crippen molar-refractivity contribution in [3.8, 4) is 5.75 Å². The van der Waals surface area contributed by atoms with Crippen molar-refractivity contribution in [3.05, 3.63) is 70.2 Å². The standard InChI is InChI=1S/C20H21BrN4O3S/c1-13-11-18(21)20(23-12-14-3-7-16(28-2)8-4-14)25-19(13)24-15-5-9-17(10-6-15)29(22,26)27/h3-11H,12H2,1-2H3,(H2,22,26,27)(H2,23,24,25). The smallest absolute Gasteiger partial charge is 0.238 e. The van der Waals surface area contributed by atoms with E-state index in [1.54, 1.807) is 19.2 Å². The highest BCUT2D eigenvalue weighted by Gasteiger charge is 2.10. The van der Waals surface area contributed by atoms with Gasteiger partial charge in [-0.1, -0.05) is 12.1 Å². The highest BCUT2D eigenvalue weighted by Crippen LogP contribution is 2.28. The van der Waals surface area contributed by atoms with Crippen LogP contribution in [0, 0.1) is 6.92 Å². The van der Waals surface area contributed by atoms with Gasteiger partial charge in [-0.05, 0) is 76.4 Å². The number of sulfonamides is 1. The number of methoxy groups -OCH3 is 1. The molecule has 0 aliphatic rings. The van der Waals surface area contributed by atoms with Gasteiger partial charge in [-0.15, -0.1) is 0 Å². The second-order valence-electron chi connectivity index (χ2n) is 6.38. The minimum Gasteiger partial charge on any atom is -0.497 e. The van der Waals surface area contributed by atoms with Crippen LogP contribution in [0.25, 0.3) is 0 Å². The van der Waals surface area contributed by atoms with E-state index in [-0.39, 0.29) is 4.90 Å². The number of aromatic nitrogens is 1. The lowest BCUT2D eigenvalue weighted by Gasteiger charge is -2.14. The van der Waals surface area contributed by atoms with Gasteiger partial charge in [-0.3, -0.25) is 0 Å². The first-order valence-corrected chi connectivity index (χ1v) is 11.0. The Bertz CT molecular complexity index is 1100. The van der Waals surface area contributed by atoms with Crippen molar-refractivity contribution in [1.82, 2.24) is 4.98 Å². The van der Waals surface area contributed by atoms with Crippen LogP contribution in [-0.4, -0.2) is 20.5 Å². The Morgan fingerprint density at radius 2 is 1.72 bits per heavy atom. The van der Waals surface area contributed by atoms with Gasteiger partial charge in [0.2, 0.25) is 10.0 Å². The molecular formula is C20H21BrN4O3S. The minimum atomic E-state index is -3.72. The summed E-state index contributed by atoms with van der Waals surface area (Å²) < 4.78 is 28.8. The number of aryl methyl sites for hydroxylation is 1. The Balaban J connectivity index is 1.76. The van der Waals surface area contributed by atoms with Gasteiger partial charge in [0, 0.05) is 12.2 Å². The number of nitrogens with one attached hydrogen (secondary N) is 2. The third-order valence-electron chi connectivity index (χ3n) is 4.23. The van der Waals surface area contributed by atoms with Gasteiger partial charge in [0.05, 0.1) is 16.5 Å². The molecule has 0 saturated heterocycles. The van der Waals surface area contributed by atoms with Gasteiger partial charge in [0.1, 0.15) is 17.4 Å². The molecule has 0 amide bonds. The third kappa shape index (κ3) is 5.47. The summed E-state index contributed by atoms with van der Waals surface area (Å²) >= 11 is 3.54. The molecule has 2 aromatic carbocycles. The van der Waals surface area contributed by atoms with Crippen LogP contribution in [0.4, 0.5) is 17.3 Å². The number of ether oxygens (including phenoxy) is 1. The van der Waals surface area contributed by atoms with Crippen molar-refractivity contribution in [1.29, 1.82) is 0 Å². The molecular weight excluding hydrogens is 456 g/mol. The van der Waals surface area contributed by atoms with Crippen molar-refractivity contribution < 1.29 is 13.2 Å². The lowest BCUT2D eigenvalue weighted by molar-refractivity contribution is 0.414. The average Bonchev–Trinajstić information content (AvgIpc) is 2.69. The molecule has 3 rings (SSSR count). The summed E-state index contributed by atoms with van der Waals surface area (Å²) in [6.45, 7) is 2.53. The Morgan fingerprint density at radius 1 is 1.07 bits per heavy atom. The monoisotopic (exact) mass is 476 g/mol. The summed E-state index contributed by atoms with van der Waals surface area (Å²) in [5, 5.41) is 11.7. The zero-order valence-corrected chi connectivity index (χ0v) is 18.3. The minimum absolute atomic E-state index is 0.0605. The summed E-state index contributed by atoms with van der Waals surface area (Å²) in [6.07, 6.45) is 0. The lowest BCUT2D eigenvalue weighted by Crippen LogP contribution is -2.11. The van der Waals surface area contributed by atoms with Gasteiger partial charge in [-0.2, -0.15) is 0 Å². The number of primary sulfonamides is 1. The van der Waals surface area contributed by atoms with Gasteiger partial charge in [0.25, 0.3) is 0 Å². The molecule has 1 heterocycles. The van der Waals surface area contributed by atoms with E-state index in [1.807, 2.05) is 37.3 Å². The predicted molar refractivity (Wildman–Crippen MR) is 118 cm³/mol. The number of hydrogen-bond acceptors (Lipinski definition) is 6. The molecule has 0 aliphatic carbocycles. The van der Waals surface area contributed by atoms with Crippen molar-refractivity contribution in [2.45, 2.75) is 18.4 Å². The first kappa shape index (κ1) is 21.1. The summed E-state index contributed by atoms with van der Waals surface area (Å²) in [5.74, 6) is 2.16. The predicted octanol–water partition coefficient (Wildman–Crippen LogP) is 4.16. The first-order valence-electron chi connectivity index (χ1n) is 8.70. The van der Waals surface area contributed by atoms with Crippen LogP contribution < -0.4 is 20.5 Å². The fourth-order valence-electron chi connectivity index (χ4n) is 2.62. The molecule has 7 nitrogen and oxygen atoms in total. The van der Waals surface area contributed by atoms with Crippen LogP contribution in [0.15, 0.2) is 64.0 Å². The van der Waals surface area contributed by atoms with Crippen molar-refractivity contribution >= 4 is 43.3 Å². The number of rotatable bonds is 7. The van der Waals surface area contributed by atoms with E-state index in [1.165, 1.54) is 12.1 Å². The molecule has 0 fully saturated rings. The number of benzene rings is 2. The van der Waals surface area contributed by atoms with E-state index < -0.39 is 10.0 Å². The van der Waals surface area contributed by atoms with Crippen molar-refractivity contribution in [3.63, 3.8) is 0 Å². The summed E-state index contributed by atoms with van der Waals surface area (Å²) in [5.41, 5.74) is 2.73. The molecule has 0 unspecified atom stereocenters. The molecule has 0 bridgehead atoms. The second-order valence-corrected chi connectivity index (χ2v) is 8.80. The van der Waals surface area contributed by atoms with Crippen LogP contribution in [0.1, 0.15) is 11.1 Å². The molecule has 29 heavy (non-hydrogen) atoms. The number of pyridine rings is 1. The van der Waals surface area contributed by atoms with Crippen LogP contribution in [0.5, 0.6) is 5.75 Å². The molecule has 0 radical (unpaired) electrons. The molecule has 0 saturated carbocycles. The number of halogens is 1. The first-order chi connectivity index (χ1) is 13.8. The van der Waals surface area contributed by atoms with E-state index >= 15 is 0 Å². The second kappa shape index (κ2) is 8.81. The highest BCUT2D eigenvalue weighted by molar-refractivity contribution is 9.10. The molecule has 3 aromatic rings. The molecule has 1 aromatic heterocycles. The average molecular weight is 477 g/mol. The quantitative estimate of drug-likeness (QED) is 0.472. The Kier molecular flexibility index (Phi) is 6.41. The topological polar surface area (TPSA) is 106 Å². The van der Waals surface area contributed by atoms with Crippen LogP contribution in [-0.2, 0) is 16.6 Å². The van der Waals surface area contributed by atoms with Crippen LogP contribution in [0.3, 0.4) is 0 Å². The van der Waals surface area contributed by atoms with Gasteiger partial charge in [0.15, 0.2) is 0 Å². The molecule has 9 heteroatoms. The maximum Gasteiger partial charge on any atom is 0.238 e. The Labute approximate surface area is 178 Å². The normalized spacial score (nSPS) is 11.2. The van der Waals surface area contributed by atoms with Crippen molar-refractivity contribution in [2.75, 3.05) is 17.7 Å². The highest BCUT2D eigenvalue weighted by atomic mass is 79.9. The zero-order chi connectivity index (χ0) is 21.0. The molecule has 0 spiro atoms. The number of nitrogens with two attached hydrogens (primary N) is 1. The molecule has 0 atom stereocenters. The molecule has 152 valence electrons. The van der Waals surface area contributed by atoms with Gasteiger partial charge >= 0.3 is 0 Å². The van der Waals surface area contributed by atoms with Crippen molar-refractivity contribution in [2.24, 2.45) is 5.14 Å². The van der Waals surface area contributed by atoms with Gasteiger partial charge < -0.3 is 15.4 Å². The largest absolute Gasteiger partial charge is 0.497 e. The lowest BCUT2D eigenvalue weighted by atomic mass is 10.2. The SMILES string of the molecule is COc1ccc(CNc2nc(Nc3ccc(S(N)(=O)=O)cc3)c(C)cc2Br)cc1. The fraction of sp³-hybridized carbons (Fsp3) is 0.150. The Morgan fingerprint density at radius 3 is 2.31 bits per heavy atom. The third-order valence-corrected chi connectivity index (χ3v) is 5.76. The van der Waals surface area contributed by atoms with Crippen LogP contribution in [0.2, 0.25) is 0 Å². The van der Waals surface area contributed by atoms with Gasteiger partial charge in [-0.25, -0.2) is 18.5 Å². The fourth-order valence-corrected chi connectivity index (χ4v) is 3.71. The van der Waals surface area contributed by atoms with E-state index in [0.717, 1.165) is 21.3 Å². The summed E-state index contributed by atoms with van der Waals surface area (Å²) in [7, 11) is -2.08. The Hall–Kier alpha value is -2.62. The molecule has 4 N–H and O–H groups in total. The number of nitrogens with zero attached hydrogens (tertiary/aromatic N) is 1. The number of hydrogen-bond donors (Lipinski definition) is 3.